The van der Waals surface area contributed by atoms with Crippen LogP contribution in [0.15, 0.2) is 65.0 Å². The molecule has 0 aliphatic heterocycles. The summed E-state index contributed by atoms with van der Waals surface area (Å²) in [6.45, 7) is 7.51. The van der Waals surface area contributed by atoms with E-state index in [0.29, 0.717) is 19.0 Å². The first-order valence-corrected chi connectivity index (χ1v) is 11.4. The second-order valence-electron chi connectivity index (χ2n) is 7.32. The molecule has 1 aromatic heterocycles. The van der Waals surface area contributed by atoms with Crippen molar-refractivity contribution in [2.75, 3.05) is 13.1 Å². The number of benzene rings is 2. The average molecular weight is 439 g/mol. The van der Waals surface area contributed by atoms with Crippen molar-refractivity contribution in [3.05, 3.63) is 70.5 Å². The zero-order valence-corrected chi connectivity index (χ0v) is 19.0. The highest BCUT2D eigenvalue weighted by Gasteiger charge is 2.11. The summed E-state index contributed by atoms with van der Waals surface area (Å²) in [4.78, 5) is 9.30. The second-order valence-corrected chi connectivity index (χ2v) is 8.27. The van der Waals surface area contributed by atoms with Crippen LogP contribution in [-0.2, 0) is 6.54 Å². The molecule has 3 N–H and O–H groups in total. The number of hydrogen-bond donors (Lipinski definition) is 3. The van der Waals surface area contributed by atoms with Gasteiger partial charge in [0.05, 0.1) is 24.4 Å². The molecule has 0 saturated heterocycles. The van der Waals surface area contributed by atoms with E-state index in [1.165, 1.54) is 0 Å². The van der Waals surface area contributed by atoms with E-state index >= 15 is 0 Å². The Morgan fingerprint density at radius 3 is 2.68 bits per heavy atom. The SMILES string of the molecule is CCNC(=NCc1nc(-c2ccccc2)cs1)NCC(O)c1cccc(OC(C)C)c1. The van der Waals surface area contributed by atoms with Crippen molar-refractivity contribution in [3.8, 4) is 17.0 Å². The van der Waals surface area contributed by atoms with Crippen LogP contribution in [0.5, 0.6) is 5.75 Å². The molecule has 7 heteroatoms. The van der Waals surface area contributed by atoms with Gasteiger partial charge in [0.2, 0.25) is 0 Å². The third-order valence-electron chi connectivity index (χ3n) is 4.42. The van der Waals surface area contributed by atoms with Crippen molar-refractivity contribution in [2.24, 2.45) is 4.99 Å². The summed E-state index contributed by atoms with van der Waals surface area (Å²) in [6.07, 6.45) is -0.588. The van der Waals surface area contributed by atoms with Crippen LogP contribution in [0.3, 0.4) is 0 Å². The van der Waals surface area contributed by atoms with Crippen LogP contribution in [0.1, 0.15) is 37.4 Å². The number of aliphatic hydroxyl groups is 1. The van der Waals surface area contributed by atoms with E-state index in [9.17, 15) is 5.11 Å². The largest absolute Gasteiger partial charge is 0.491 e. The highest BCUT2D eigenvalue weighted by molar-refractivity contribution is 7.09. The molecule has 164 valence electrons. The summed E-state index contributed by atoms with van der Waals surface area (Å²) in [5.41, 5.74) is 2.87. The average Bonchev–Trinajstić information content (AvgIpc) is 3.25. The molecule has 0 aliphatic rings. The fraction of sp³-hybridized carbons (Fsp3) is 0.333. The lowest BCUT2D eigenvalue weighted by Crippen LogP contribution is -2.39. The Labute approximate surface area is 188 Å². The number of ether oxygens (including phenoxy) is 1. The minimum absolute atomic E-state index is 0.0891. The number of hydrogen-bond acceptors (Lipinski definition) is 5. The van der Waals surface area contributed by atoms with Crippen molar-refractivity contribution < 1.29 is 9.84 Å². The van der Waals surface area contributed by atoms with Crippen LogP contribution in [0.4, 0.5) is 0 Å². The fourth-order valence-electron chi connectivity index (χ4n) is 2.99. The number of aliphatic hydroxyl groups excluding tert-OH is 1. The number of rotatable bonds is 9. The fourth-order valence-corrected chi connectivity index (χ4v) is 3.72. The summed E-state index contributed by atoms with van der Waals surface area (Å²) in [5.74, 6) is 1.40. The molecule has 0 saturated carbocycles. The first kappa shape index (κ1) is 22.8. The number of aromatic nitrogens is 1. The Morgan fingerprint density at radius 2 is 1.94 bits per heavy atom. The summed E-state index contributed by atoms with van der Waals surface area (Å²) < 4.78 is 5.72. The maximum atomic E-state index is 10.6. The maximum Gasteiger partial charge on any atom is 0.191 e. The molecular formula is C24H30N4O2S. The molecule has 1 atom stereocenters. The molecular weight excluding hydrogens is 408 g/mol. The molecule has 0 bridgehead atoms. The standard InChI is InChI=1S/C24H30N4O2S/c1-4-25-24(26-14-22(29)19-11-8-12-20(13-19)30-17(2)3)27-15-23-28-21(16-31-23)18-9-6-5-7-10-18/h5-13,16-17,22,29H,4,14-15H2,1-3H3,(H2,25,26,27). The van der Waals surface area contributed by atoms with Crippen molar-refractivity contribution in [1.82, 2.24) is 15.6 Å². The van der Waals surface area contributed by atoms with Crippen molar-refractivity contribution in [1.29, 1.82) is 0 Å². The van der Waals surface area contributed by atoms with Gasteiger partial charge < -0.3 is 20.5 Å². The van der Waals surface area contributed by atoms with Gasteiger partial charge in [-0.05, 0) is 38.5 Å². The molecule has 0 fully saturated rings. The predicted octanol–water partition coefficient (Wildman–Crippen LogP) is 4.39. The smallest absolute Gasteiger partial charge is 0.191 e. The minimum Gasteiger partial charge on any atom is -0.491 e. The molecule has 1 heterocycles. The van der Waals surface area contributed by atoms with Gasteiger partial charge in [-0.25, -0.2) is 9.98 Å². The molecule has 6 nitrogen and oxygen atoms in total. The quantitative estimate of drug-likeness (QED) is 0.341. The van der Waals surface area contributed by atoms with Gasteiger partial charge in [-0.15, -0.1) is 11.3 Å². The number of nitrogens with zero attached hydrogens (tertiary/aromatic N) is 2. The highest BCUT2D eigenvalue weighted by atomic mass is 32.1. The number of aliphatic imine (C=N–C) groups is 1. The second kappa shape index (κ2) is 11.5. The van der Waals surface area contributed by atoms with Crippen LogP contribution in [0.25, 0.3) is 11.3 Å². The summed E-state index contributed by atoms with van der Waals surface area (Å²) in [6, 6.07) is 17.7. The number of guanidine groups is 1. The lowest BCUT2D eigenvalue weighted by molar-refractivity contribution is 0.179. The van der Waals surface area contributed by atoms with E-state index in [1.807, 2.05) is 63.2 Å². The van der Waals surface area contributed by atoms with Crippen molar-refractivity contribution in [3.63, 3.8) is 0 Å². The Kier molecular flexibility index (Phi) is 8.44. The van der Waals surface area contributed by atoms with Crippen molar-refractivity contribution >= 4 is 17.3 Å². The maximum absolute atomic E-state index is 10.6. The first-order valence-electron chi connectivity index (χ1n) is 10.5. The molecule has 1 unspecified atom stereocenters. The van der Waals surface area contributed by atoms with Crippen molar-refractivity contribution in [2.45, 2.75) is 39.5 Å². The zero-order valence-electron chi connectivity index (χ0n) is 18.2. The zero-order chi connectivity index (χ0) is 22.1. The molecule has 0 aliphatic carbocycles. The molecule has 3 rings (SSSR count). The van der Waals surface area contributed by atoms with E-state index in [0.717, 1.165) is 34.1 Å². The van der Waals surface area contributed by atoms with Gasteiger partial charge >= 0.3 is 0 Å². The van der Waals surface area contributed by atoms with Crippen LogP contribution in [0.2, 0.25) is 0 Å². The number of thiazole rings is 1. The molecule has 0 spiro atoms. The van der Waals surface area contributed by atoms with Gasteiger partial charge in [-0.2, -0.15) is 0 Å². The van der Waals surface area contributed by atoms with Gasteiger partial charge in [0.25, 0.3) is 0 Å². The van der Waals surface area contributed by atoms with Crippen LogP contribution in [-0.4, -0.2) is 35.2 Å². The minimum atomic E-state index is -0.677. The molecule has 0 radical (unpaired) electrons. The third kappa shape index (κ3) is 7.08. The lowest BCUT2D eigenvalue weighted by atomic mass is 10.1. The summed E-state index contributed by atoms with van der Waals surface area (Å²) in [5, 5.41) is 20.0. The van der Waals surface area contributed by atoms with E-state index in [1.54, 1.807) is 11.3 Å². The molecule has 2 aromatic carbocycles. The van der Waals surface area contributed by atoms with Gasteiger partial charge in [-0.3, -0.25) is 0 Å². The Balaban J connectivity index is 1.59. The van der Waals surface area contributed by atoms with E-state index in [4.69, 9.17) is 4.74 Å². The summed E-state index contributed by atoms with van der Waals surface area (Å²) >= 11 is 1.60. The summed E-state index contributed by atoms with van der Waals surface area (Å²) in [7, 11) is 0. The Morgan fingerprint density at radius 1 is 1.13 bits per heavy atom. The normalized spacial score (nSPS) is 12.6. The van der Waals surface area contributed by atoms with Crippen LogP contribution >= 0.6 is 11.3 Å². The Hall–Kier alpha value is -2.90. The van der Waals surface area contributed by atoms with E-state index in [-0.39, 0.29) is 6.10 Å². The molecule has 3 aromatic rings. The monoisotopic (exact) mass is 438 g/mol. The highest BCUT2D eigenvalue weighted by Crippen LogP contribution is 2.22. The van der Waals surface area contributed by atoms with E-state index < -0.39 is 6.10 Å². The lowest BCUT2D eigenvalue weighted by Gasteiger charge is -2.17. The number of nitrogens with one attached hydrogen (secondary N) is 2. The third-order valence-corrected chi connectivity index (χ3v) is 5.25. The van der Waals surface area contributed by atoms with Gasteiger partial charge in [-0.1, -0.05) is 42.5 Å². The first-order chi connectivity index (χ1) is 15.0. The topological polar surface area (TPSA) is 78.8 Å². The van der Waals surface area contributed by atoms with Gasteiger partial charge in [0.15, 0.2) is 5.96 Å². The van der Waals surface area contributed by atoms with E-state index in [2.05, 4.69) is 38.1 Å². The van der Waals surface area contributed by atoms with Gasteiger partial charge in [0.1, 0.15) is 10.8 Å². The van der Waals surface area contributed by atoms with Crippen LogP contribution in [0, 0.1) is 0 Å². The molecule has 0 amide bonds. The van der Waals surface area contributed by atoms with Crippen LogP contribution < -0.4 is 15.4 Å². The van der Waals surface area contributed by atoms with Gasteiger partial charge in [0, 0.05) is 24.0 Å². The molecule has 31 heavy (non-hydrogen) atoms. The predicted molar refractivity (Wildman–Crippen MR) is 128 cm³/mol. The Bertz CT molecular complexity index is 972.